The number of benzene rings is 1. The van der Waals surface area contributed by atoms with Crippen molar-refractivity contribution in [2.75, 3.05) is 27.9 Å². The normalized spacial score (nSPS) is 14.8. The van der Waals surface area contributed by atoms with Gasteiger partial charge >= 0.3 is 5.97 Å². The Morgan fingerprint density at radius 3 is 2.41 bits per heavy atom. The summed E-state index contributed by atoms with van der Waals surface area (Å²) in [5.41, 5.74) is 0.845. The van der Waals surface area contributed by atoms with E-state index < -0.39 is 0 Å². The molecule has 0 aliphatic heterocycles. The molecule has 2 rings (SSSR count). The molecule has 1 aromatic carbocycles. The fourth-order valence-corrected chi connectivity index (χ4v) is 3.40. The van der Waals surface area contributed by atoms with E-state index in [1.165, 1.54) is 13.5 Å². The summed E-state index contributed by atoms with van der Waals surface area (Å²) in [6.45, 7) is 0.381. The van der Waals surface area contributed by atoms with Crippen molar-refractivity contribution in [1.29, 1.82) is 0 Å². The van der Waals surface area contributed by atoms with E-state index in [1.807, 2.05) is 17.0 Å². The first-order valence-electron chi connectivity index (χ1n) is 9.36. The Bertz CT molecular complexity index is 665. The topological polar surface area (TPSA) is 65.1 Å². The van der Waals surface area contributed by atoms with Gasteiger partial charge in [-0.15, -0.1) is 0 Å². The Kier molecular flexibility index (Phi) is 8.17. The molecule has 1 aliphatic rings. The molecule has 1 aromatic rings. The lowest BCUT2D eigenvalue weighted by Crippen LogP contribution is -2.41. The van der Waals surface area contributed by atoms with Crippen LogP contribution in [0.15, 0.2) is 24.3 Å². The SMILES string of the molecule is COC(=O)CCN(C(=O)/C=C/c1ccc(OC)c(OC)c1)C1CCCCC1. The third kappa shape index (κ3) is 6.01. The summed E-state index contributed by atoms with van der Waals surface area (Å²) in [6.07, 6.45) is 8.94. The van der Waals surface area contributed by atoms with Gasteiger partial charge in [-0.2, -0.15) is 0 Å². The highest BCUT2D eigenvalue weighted by atomic mass is 16.5. The highest BCUT2D eigenvalue weighted by Gasteiger charge is 2.24. The first-order valence-corrected chi connectivity index (χ1v) is 9.36. The first-order chi connectivity index (χ1) is 13.1. The fourth-order valence-electron chi connectivity index (χ4n) is 3.40. The second-order valence-corrected chi connectivity index (χ2v) is 6.60. The van der Waals surface area contributed by atoms with Gasteiger partial charge < -0.3 is 19.1 Å². The van der Waals surface area contributed by atoms with Gasteiger partial charge in [-0.3, -0.25) is 9.59 Å². The monoisotopic (exact) mass is 375 g/mol. The zero-order chi connectivity index (χ0) is 19.6. The smallest absolute Gasteiger partial charge is 0.307 e. The zero-order valence-corrected chi connectivity index (χ0v) is 16.4. The molecule has 0 spiro atoms. The number of ether oxygens (including phenoxy) is 3. The standard InChI is InChI=1S/C21H29NO5/c1-25-18-11-9-16(15-19(18)26-2)10-12-20(23)22(14-13-21(24)27-3)17-7-5-4-6-8-17/h9-12,15,17H,4-8,13-14H2,1-3H3/b12-10+. The van der Waals surface area contributed by atoms with Gasteiger partial charge in [0.15, 0.2) is 11.5 Å². The van der Waals surface area contributed by atoms with Gasteiger partial charge in [-0.25, -0.2) is 0 Å². The number of amides is 1. The van der Waals surface area contributed by atoms with E-state index in [-0.39, 0.29) is 24.3 Å². The number of carbonyl (C=O) groups is 2. The summed E-state index contributed by atoms with van der Waals surface area (Å²) in [7, 11) is 4.53. The van der Waals surface area contributed by atoms with Crippen molar-refractivity contribution < 1.29 is 23.8 Å². The Hall–Kier alpha value is -2.50. The molecular weight excluding hydrogens is 346 g/mol. The summed E-state index contributed by atoms with van der Waals surface area (Å²) in [5.74, 6) is 0.873. The molecule has 1 aliphatic carbocycles. The summed E-state index contributed by atoms with van der Waals surface area (Å²) < 4.78 is 15.3. The predicted molar refractivity (Wildman–Crippen MR) is 104 cm³/mol. The maximum atomic E-state index is 12.8. The van der Waals surface area contributed by atoms with Crippen molar-refractivity contribution >= 4 is 18.0 Å². The van der Waals surface area contributed by atoms with E-state index in [0.717, 1.165) is 31.2 Å². The minimum atomic E-state index is -0.299. The van der Waals surface area contributed by atoms with Crippen LogP contribution in [0.5, 0.6) is 11.5 Å². The average molecular weight is 375 g/mol. The van der Waals surface area contributed by atoms with Gasteiger partial charge in [-0.05, 0) is 36.6 Å². The van der Waals surface area contributed by atoms with Crippen molar-refractivity contribution in [2.24, 2.45) is 0 Å². The van der Waals surface area contributed by atoms with Crippen LogP contribution in [0.1, 0.15) is 44.1 Å². The lowest BCUT2D eigenvalue weighted by Gasteiger charge is -2.33. The lowest BCUT2D eigenvalue weighted by atomic mass is 9.94. The van der Waals surface area contributed by atoms with Crippen LogP contribution in [-0.4, -0.2) is 50.7 Å². The third-order valence-electron chi connectivity index (χ3n) is 4.91. The van der Waals surface area contributed by atoms with Crippen LogP contribution in [-0.2, 0) is 14.3 Å². The van der Waals surface area contributed by atoms with E-state index in [4.69, 9.17) is 14.2 Å². The minimum absolute atomic E-state index is 0.0828. The minimum Gasteiger partial charge on any atom is -0.493 e. The molecule has 1 fully saturated rings. The molecule has 0 heterocycles. The fraction of sp³-hybridized carbons (Fsp3) is 0.524. The number of hydrogen-bond acceptors (Lipinski definition) is 5. The van der Waals surface area contributed by atoms with E-state index in [1.54, 1.807) is 32.4 Å². The molecule has 0 saturated heterocycles. The lowest BCUT2D eigenvalue weighted by molar-refractivity contribution is -0.141. The molecule has 6 nitrogen and oxygen atoms in total. The number of nitrogens with zero attached hydrogens (tertiary/aromatic N) is 1. The molecule has 1 amide bonds. The molecule has 0 unspecified atom stereocenters. The Morgan fingerprint density at radius 2 is 1.78 bits per heavy atom. The third-order valence-corrected chi connectivity index (χ3v) is 4.91. The largest absolute Gasteiger partial charge is 0.493 e. The molecule has 0 bridgehead atoms. The number of methoxy groups -OCH3 is 3. The first kappa shape index (κ1) is 20.8. The molecule has 1 saturated carbocycles. The van der Waals surface area contributed by atoms with Crippen molar-refractivity contribution in [3.8, 4) is 11.5 Å². The molecular formula is C21H29NO5. The van der Waals surface area contributed by atoms with Gasteiger partial charge in [0.05, 0.1) is 27.8 Å². The number of carbonyl (C=O) groups excluding carboxylic acids is 2. The van der Waals surface area contributed by atoms with Crippen LogP contribution >= 0.6 is 0 Å². The van der Waals surface area contributed by atoms with Crippen molar-refractivity contribution in [3.05, 3.63) is 29.8 Å². The maximum Gasteiger partial charge on any atom is 0.307 e. The molecule has 0 atom stereocenters. The molecule has 0 N–H and O–H groups in total. The second kappa shape index (κ2) is 10.6. The number of hydrogen-bond donors (Lipinski definition) is 0. The molecule has 6 heteroatoms. The number of rotatable bonds is 8. The van der Waals surface area contributed by atoms with E-state index in [9.17, 15) is 9.59 Å². The summed E-state index contributed by atoms with van der Waals surface area (Å²) in [6, 6.07) is 5.68. The van der Waals surface area contributed by atoms with Gasteiger partial charge in [0.1, 0.15) is 0 Å². The van der Waals surface area contributed by atoms with Crippen LogP contribution in [0.4, 0.5) is 0 Å². The van der Waals surface area contributed by atoms with Crippen LogP contribution in [0.3, 0.4) is 0 Å². The molecule has 148 valence electrons. The van der Waals surface area contributed by atoms with Gasteiger partial charge in [0.25, 0.3) is 0 Å². The Balaban J connectivity index is 2.11. The quantitative estimate of drug-likeness (QED) is 0.514. The van der Waals surface area contributed by atoms with Gasteiger partial charge in [-0.1, -0.05) is 25.3 Å². The Morgan fingerprint density at radius 1 is 1.07 bits per heavy atom. The van der Waals surface area contributed by atoms with Crippen LogP contribution in [0.2, 0.25) is 0 Å². The van der Waals surface area contributed by atoms with E-state index in [2.05, 4.69) is 0 Å². The van der Waals surface area contributed by atoms with E-state index >= 15 is 0 Å². The average Bonchev–Trinajstić information content (AvgIpc) is 2.72. The molecule has 0 aromatic heterocycles. The number of esters is 1. The van der Waals surface area contributed by atoms with Crippen molar-refractivity contribution in [2.45, 2.75) is 44.6 Å². The molecule has 27 heavy (non-hydrogen) atoms. The van der Waals surface area contributed by atoms with Crippen LogP contribution < -0.4 is 9.47 Å². The summed E-state index contributed by atoms with van der Waals surface area (Å²) in [4.78, 5) is 26.2. The maximum absolute atomic E-state index is 12.8. The zero-order valence-electron chi connectivity index (χ0n) is 16.4. The van der Waals surface area contributed by atoms with Crippen molar-refractivity contribution in [3.63, 3.8) is 0 Å². The molecule has 0 radical (unpaired) electrons. The summed E-state index contributed by atoms with van der Waals surface area (Å²) >= 11 is 0. The predicted octanol–water partition coefficient (Wildman–Crippen LogP) is 3.44. The van der Waals surface area contributed by atoms with Crippen LogP contribution in [0, 0.1) is 0 Å². The summed E-state index contributed by atoms with van der Waals surface area (Å²) in [5, 5.41) is 0. The van der Waals surface area contributed by atoms with Crippen molar-refractivity contribution in [1.82, 2.24) is 4.90 Å². The highest BCUT2D eigenvalue weighted by Crippen LogP contribution is 2.28. The van der Waals surface area contributed by atoms with Gasteiger partial charge in [0, 0.05) is 18.7 Å². The highest BCUT2D eigenvalue weighted by molar-refractivity contribution is 5.92. The van der Waals surface area contributed by atoms with Gasteiger partial charge in [0.2, 0.25) is 5.91 Å². The second-order valence-electron chi connectivity index (χ2n) is 6.60. The van der Waals surface area contributed by atoms with E-state index in [0.29, 0.717) is 18.0 Å². The van der Waals surface area contributed by atoms with Crippen LogP contribution in [0.25, 0.3) is 6.08 Å². The Labute approximate surface area is 161 Å².